The van der Waals surface area contributed by atoms with Crippen molar-refractivity contribution >= 4 is 5.91 Å². The fourth-order valence-corrected chi connectivity index (χ4v) is 2.51. The van der Waals surface area contributed by atoms with Gasteiger partial charge in [0, 0.05) is 18.9 Å². The molecule has 19 heavy (non-hydrogen) atoms. The molecule has 1 unspecified atom stereocenters. The monoisotopic (exact) mass is 261 g/mol. The normalized spacial score (nSPS) is 21.5. The van der Waals surface area contributed by atoms with E-state index in [4.69, 9.17) is 5.73 Å². The molecule has 104 valence electrons. The van der Waals surface area contributed by atoms with Crippen molar-refractivity contribution in [1.29, 1.82) is 0 Å². The van der Waals surface area contributed by atoms with E-state index in [9.17, 15) is 4.79 Å². The van der Waals surface area contributed by atoms with E-state index in [0.717, 1.165) is 24.9 Å². The summed E-state index contributed by atoms with van der Waals surface area (Å²) in [6.45, 7) is 6.82. The smallest absolute Gasteiger partial charge is 0.240 e. The van der Waals surface area contributed by atoms with Crippen LogP contribution in [0.1, 0.15) is 45.2 Å². The van der Waals surface area contributed by atoms with Gasteiger partial charge in [0.25, 0.3) is 0 Å². The van der Waals surface area contributed by atoms with Gasteiger partial charge in [0.15, 0.2) is 0 Å². The van der Waals surface area contributed by atoms with Crippen LogP contribution in [-0.2, 0) is 4.79 Å². The van der Waals surface area contributed by atoms with Crippen LogP contribution in [0.15, 0.2) is 24.5 Å². The van der Waals surface area contributed by atoms with Gasteiger partial charge in [-0.25, -0.2) is 0 Å². The van der Waals surface area contributed by atoms with Gasteiger partial charge in [-0.15, -0.1) is 0 Å². The molecule has 4 heteroatoms. The number of hydrogen-bond donors (Lipinski definition) is 1. The Morgan fingerprint density at radius 1 is 1.42 bits per heavy atom. The van der Waals surface area contributed by atoms with Crippen molar-refractivity contribution < 1.29 is 4.79 Å². The predicted molar refractivity (Wildman–Crippen MR) is 75.4 cm³/mol. The van der Waals surface area contributed by atoms with Gasteiger partial charge in [0.2, 0.25) is 5.91 Å². The molecule has 2 heterocycles. The Bertz CT molecular complexity index is 438. The Labute approximate surface area is 115 Å². The van der Waals surface area contributed by atoms with Crippen LogP contribution in [0.3, 0.4) is 0 Å². The fraction of sp³-hybridized carbons (Fsp3) is 0.600. The van der Waals surface area contributed by atoms with Crippen LogP contribution in [-0.4, -0.2) is 28.4 Å². The molecule has 1 aromatic heterocycles. The molecule has 0 saturated carbocycles. The van der Waals surface area contributed by atoms with Crippen LogP contribution in [0.5, 0.6) is 0 Å². The van der Waals surface area contributed by atoms with E-state index in [0.29, 0.717) is 0 Å². The third kappa shape index (κ3) is 2.95. The van der Waals surface area contributed by atoms with Crippen molar-refractivity contribution in [3.8, 4) is 0 Å². The third-order valence-electron chi connectivity index (χ3n) is 3.83. The van der Waals surface area contributed by atoms with Crippen molar-refractivity contribution in [1.82, 2.24) is 9.88 Å². The highest BCUT2D eigenvalue weighted by Crippen LogP contribution is 2.33. The van der Waals surface area contributed by atoms with Gasteiger partial charge in [-0.05, 0) is 36.0 Å². The number of pyridine rings is 1. The lowest BCUT2D eigenvalue weighted by atomic mass is 9.86. The number of carbonyl (C=O) groups excluding carboxylic acids is 1. The topological polar surface area (TPSA) is 59.2 Å². The molecule has 0 bridgehead atoms. The van der Waals surface area contributed by atoms with Crippen LogP contribution in [0.4, 0.5) is 0 Å². The summed E-state index contributed by atoms with van der Waals surface area (Å²) in [5, 5.41) is 0. The van der Waals surface area contributed by atoms with Crippen LogP contribution >= 0.6 is 0 Å². The molecule has 1 aliphatic rings. The van der Waals surface area contributed by atoms with Gasteiger partial charge in [-0.2, -0.15) is 0 Å². The van der Waals surface area contributed by atoms with Crippen LogP contribution < -0.4 is 5.73 Å². The summed E-state index contributed by atoms with van der Waals surface area (Å²) in [4.78, 5) is 18.5. The highest BCUT2D eigenvalue weighted by atomic mass is 16.2. The van der Waals surface area contributed by atoms with E-state index in [1.54, 1.807) is 12.4 Å². The highest BCUT2D eigenvalue weighted by Gasteiger charge is 2.36. The molecule has 0 aromatic carbocycles. The summed E-state index contributed by atoms with van der Waals surface area (Å²) in [5.41, 5.74) is 7.06. The van der Waals surface area contributed by atoms with E-state index >= 15 is 0 Å². The molecule has 2 rings (SSSR count). The second-order valence-corrected chi connectivity index (χ2v) is 6.31. The second kappa shape index (κ2) is 5.29. The zero-order valence-electron chi connectivity index (χ0n) is 12.0. The Balaban J connectivity index is 2.18. The Hall–Kier alpha value is -1.42. The summed E-state index contributed by atoms with van der Waals surface area (Å²) in [6, 6.07) is 3.68. The van der Waals surface area contributed by atoms with Crippen molar-refractivity contribution in [2.24, 2.45) is 11.1 Å². The summed E-state index contributed by atoms with van der Waals surface area (Å²) in [7, 11) is 0. The molecule has 1 amide bonds. The van der Waals surface area contributed by atoms with E-state index < -0.39 is 6.04 Å². The van der Waals surface area contributed by atoms with Gasteiger partial charge in [-0.1, -0.05) is 20.8 Å². The lowest BCUT2D eigenvalue weighted by Gasteiger charge is -2.33. The number of likely N-dealkylation sites (tertiary alicyclic amines) is 1. The maximum atomic E-state index is 12.6. The maximum Gasteiger partial charge on any atom is 0.240 e. The summed E-state index contributed by atoms with van der Waals surface area (Å²) >= 11 is 0. The lowest BCUT2D eigenvalue weighted by molar-refractivity contribution is -0.135. The van der Waals surface area contributed by atoms with E-state index in [1.807, 2.05) is 37.8 Å². The second-order valence-electron chi connectivity index (χ2n) is 6.31. The number of nitrogens with two attached hydrogens (primary N) is 1. The molecular weight excluding hydrogens is 238 g/mol. The highest BCUT2D eigenvalue weighted by molar-refractivity contribution is 5.83. The molecule has 2 N–H and O–H groups in total. The Morgan fingerprint density at radius 3 is 2.63 bits per heavy atom. The van der Waals surface area contributed by atoms with Crippen molar-refractivity contribution in [2.45, 2.75) is 45.7 Å². The van der Waals surface area contributed by atoms with Gasteiger partial charge in [0.05, 0.1) is 12.1 Å². The predicted octanol–water partition coefficient (Wildman–Crippen LogP) is 2.12. The molecule has 1 aliphatic heterocycles. The Kier molecular flexibility index (Phi) is 3.90. The summed E-state index contributed by atoms with van der Waals surface area (Å²) < 4.78 is 0. The molecule has 1 saturated heterocycles. The first-order valence-electron chi connectivity index (χ1n) is 6.87. The van der Waals surface area contributed by atoms with Crippen molar-refractivity contribution in [3.63, 3.8) is 0 Å². The minimum absolute atomic E-state index is 0.0619. The van der Waals surface area contributed by atoms with Gasteiger partial charge in [0.1, 0.15) is 0 Å². The fourth-order valence-electron chi connectivity index (χ4n) is 2.51. The first kappa shape index (κ1) is 14.0. The van der Waals surface area contributed by atoms with Crippen molar-refractivity contribution in [3.05, 3.63) is 30.1 Å². The number of carbonyl (C=O) groups is 1. The molecular formula is C15H23N3O. The van der Waals surface area contributed by atoms with E-state index in [1.165, 1.54) is 0 Å². The number of amides is 1. The lowest BCUT2D eigenvalue weighted by Crippen LogP contribution is -2.50. The van der Waals surface area contributed by atoms with Crippen LogP contribution in [0.25, 0.3) is 0 Å². The summed E-state index contributed by atoms with van der Waals surface area (Å²) in [6.07, 6.45) is 5.60. The van der Waals surface area contributed by atoms with Gasteiger partial charge in [-0.3, -0.25) is 9.78 Å². The molecule has 4 nitrogen and oxygen atoms in total. The quantitative estimate of drug-likeness (QED) is 0.887. The minimum atomic E-state index is -0.449. The Morgan fingerprint density at radius 2 is 2.05 bits per heavy atom. The molecule has 0 radical (unpaired) electrons. The average Bonchev–Trinajstić information content (AvgIpc) is 2.86. The molecule has 0 aliphatic carbocycles. The van der Waals surface area contributed by atoms with Gasteiger partial charge >= 0.3 is 0 Å². The first-order valence-corrected chi connectivity index (χ1v) is 6.87. The third-order valence-corrected chi connectivity index (χ3v) is 3.83. The first-order chi connectivity index (χ1) is 8.91. The molecule has 1 aromatic rings. The number of nitrogens with zero attached hydrogens (tertiary/aromatic N) is 2. The largest absolute Gasteiger partial charge is 0.334 e. The number of aromatic nitrogens is 1. The van der Waals surface area contributed by atoms with E-state index in [-0.39, 0.29) is 17.4 Å². The van der Waals surface area contributed by atoms with Gasteiger partial charge < -0.3 is 10.6 Å². The maximum absolute atomic E-state index is 12.6. The van der Waals surface area contributed by atoms with Crippen LogP contribution in [0, 0.1) is 5.41 Å². The molecule has 1 fully saturated rings. The minimum Gasteiger partial charge on any atom is -0.334 e. The zero-order chi connectivity index (χ0) is 14.0. The number of rotatable bonds is 2. The number of hydrogen-bond acceptors (Lipinski definition) is 3. The van der Waals surface area contributed by atoms with E-state index in [2.05, 4.69) is 4.98 Å². The molecule has 2 atom stereocenters. The standard InChI is InChI=1S/C15H23N3O/c1-15(2,3)13(16)14(19)18-10-4-5-12(18)11-6-8-17-9-7-11/h6-9,12-13H,4-5,10,16H2,1-3H3/t12?,13-/m1/s1. The molecule has 0 spiro atoms. The summed E-state index contributed by atoms with van der Waals surface area (Å²) in [5.74, 6) is 0.0619. The SMILES string of the molecule is CC(C)(C)[C@H](N)C(=O)N1CCCC1c1ccncc1. The average molecular weight is 261 g/mol. The van der Waals surface area contributed by atoms with Crippen molar-refractivity contribution in [2.75, 3.05) is 6.54 Å². The van der Waals surface area contributed by atoms with Crippen LogP contribution in [0.2, 0.25) is 0 Å². The zero-order valence-corrected chi connectivity index (χ0v) is 12.0.